The highest BCUT2D eigenvalue weighted by Gasteiger charge is 2.13. The third-order valence-corrected chi connectivity index (χ3v) is 2.48. The number of rotatable bonds is 4. The normalized spacial score (nSPS) is 10.6. The lowest BCUT2D eigenvalue weighted by Crippen LogP contribution is -2.02. The summed E-state index contributed by atoms with van der Waals surface area (Å²) in [6.07, 6.45) is 3.38. The van der Waals surface area contributed by atoms with Crippen molar-refractivity contribution in [3.63, 3.8) is 0 Å². The average molecular weight is 250 g/mol. The molecule has 2 N–H and O–H groups in total. The molecule has 1 heterocycles. The zero-order chi connectivity index (χ0) is 13.1. The lowest BCUT2D eigenvalue weighted by molar-refractivity contribution is -0.387. The molecule has 0 aliphatic heterocycles. The second-order valence-corrected chi connectivity index (χ2v) is 3.79. The Hall–Kier alpha value is -2.28. The number of nitro benzene ring substituents is 1. The predicted molar refractivity (Wildman–Crippen MR) is 62.3 cm³/mol. The zero-order valence-corrected chi connectivity index (χ0v) is 9.41. The molecule has 0 unspecified atom stereocenters. The van der Waals surface area contributed by atoms with Gasteiger partial charge in [-0.05, 0) is 11.6 Å². The van der Waals surface area contributed by atoms with E-state index < -0.39 is 16.4 Å². The van der Waals surface area contributed by atoms with Gasteiger partial charge in [0, 0.05) is 24.4 Å². The van der Waals surface area contributed by atoms with Crippen LogP contribution in [0.1, 0.15) is 11.1 Å². The number of hydrogen-bond acceptors (Lipinski definition) is 4. The van der Waals surface area contributed by atoms with Crippen LogP contribution in [0.2, 0.25) is 0 Å². The Bertz CT molecular complexity index is 582. The molecule has 0 atom stereocenters. The SMILES string of the molecule is NCc1cnn(Cc2ccc([N+](=O)[O-])c(F)c2)c1. The summed E-state index contributed by atoms with van der Waals surface area (Å²) in [7, 11) is 0. The number of aromatic nitrogens is 2. The number of halogens is 1. The highest BCUT2D eigenvalue weighted by Crippen LogP contribution is 2.18. The molecule has 0 spiro atoms. The molecule has 7 heteroatoms. The van der Waals surface area contributed by atoms with Gasteiger partial charge in [-0.25, -0.2) is 0 Å². The fourth-order valence-electron chi connectivity index (χ4n) is 1.58. The Balaban J connectivity index is 2.19. The van der Waals surface area contributed by atoms with Crippen molar-refractivity contribution in [1.29, 1.82) is 0 Å². The highest BCUT2D eigenvalue weighted by molar-refractivity contribution is 5.35. The van der Waals surface area contributed by atoms with Crippen LogP contribution in [0.5, 0.6) is 0 Å². The topological polar surface area (TPSA) is 87.0 Å². The third kappa shape index (κ3) is 2.51. The standard InChI is InChI=1S/C11H11FN4O2/c12-10-3-8(1-2-11(10)16(17)18)6-15-7-9(4-13)5-14-15/h1-3,5,7H,4,6,13H2. The van der Waals surface area contributed by atoms with Crippen LogP contribution in [0.3, 0.4) is 0 Å². The smallest absolute Gasteiger partial charge is 0.304 e. The van der Waals surface area contributed by atoms with Gasteiger partial charge in [0.25, 0.3) is 0 Å². The summed E-state index contributed by atoms with van der Waals surface area (Å²) < 4.78 is 15.0. The molecular formula is C11H11FN4O2. The Morgan fingerprint density at radius 1 is 1.44 bits per heavy atom. The van der Waals surface area contributed by atoms with E-state index in [1.807, 2.05) is 0 Å². The molecule has 0 bridgehead atoms. The summed E-state index contributed by atoms with van der Waals surface area (Å²) in [4.78, 5) is 9.72. The van der Waals surface area contributed by atoms with Gasteiger partial charge in [-0.2, -0.15) is 9.49 Å². The Morgan fingerprint density at radius 3 is 2.78 bits per heavy atom. The van der Waals surface area contributed by atoms with Crippen molar-refractivity contribution < 1.29 is 9.31 Å². The molecule has 1 aromatic carbocycles. The van der Waals surface area contributed by atoms with Gasteiger partial charge in [0.05, 0.1) is 17.7 Å². The Kier molecular flexibility index (Phi) is 3.33. The van der Waals surface area contributed by atoms with Crippen molar-refractivity contribution >= 4 is 5.69 Å². The van der Waals surface area contributed by atoms with E-state index in [2.05, 4.69) is 5.10 Å². The molecule has 6 nitrogen and oxygen atoms in total. The minimum atomic E-state index is -0.844. The summed E-state index contributed by atoms with van der Waals surface area (Å²) >= 11 is 0. The molecule has 0 amide bonds. The molecule has 0 saturated heterocycles. The van der Waals surface area contributed by atoms with Crippen LogP contribution in [-0.4, -0.2) is 14.7 Å². The molecule has 1 aromatic heterocycles. The van der Waals surface area contributed by atoms with Crippen LogP contribution in [-0.2, 0) is 13.1 Å². The van der Waals surface area contributed by atoms with Crippen LogP contribution in [0.25, 0.3) is 0 Å². The first-order valence-corrected chi connectivity index (χ1v) is 5.24. The minimum Gasteiger partial charge on any atom is -0.326 e. The third-order valence-electron chi connectivity index (χ3n) is 2.48. The number of benzene rings is 1. The van der Waals surface area contributed by atoms with Gasteiger partial charge >= 0.3 is 5.69 Å². The second kappa shape index (κ2) is 4.92. The van der Waals surface area contributed by atoms with Crippen LogP contribution in [0.15, 0.2) is 30.6 Å². The van der Waals surface area contributed by atoms with Crippen LogP contribution >= 0.6 is 0 Å². The van der Waals surface area contributed by atoms with E-state index in [9.17, 15) is 14.5 Å². The molecule has 94 valence electrons. The molecule has 0 fully saturated rings. The van der Waals surface area contributed by atoms with Gasteiger partial charge in [-0.15, -0.1) is 0 Å². The van der Waals surface area contributed by atoms with Crippen molar-refractivity contribution in [1.82, 2.24) is 9.78 Å². The van der Waals surface area contributed by atoms with Crippen molar-refractivity contribution in [2.75, 3.05) is 0 Å². The van der Waals surface area contributed by atoms with Gasteiger partial charge in [-0.1, -0.05) is 6.07 Å². The maximum absolute atomic E-state index is 13.4. The summed E-state index contributed by atoms with van der Waals surface area (Å²) in [5.74, 6) is -0.844. The molecule has 0 aliphatic rings. The zero-order valence-electron chi connectivity index (χ0n) is 9.41. The minimum absolute atomic E-state index is 0.342. The van der Waals surface area contributed by atoms with Crippen molar-refractivity contribution in [3.05, 3.63) is 57.7 Å². The Labute approximate surface area is 102 Å². The van der Waals surface area contributed by atoms with Gasteiger partial charge in [0.2, 0.25) is 5.82 Å². The van der Waals surface area contributed by atoms with Crippen LogP contribution < -0.4 is 5.73 Å². The predicted octanol–water partition coefficient (Wildman–Crippen LogP) is 1.44. The first-order valence-electron chi connectivity index (χ1n) is 5.24. The molecule has 0 radical (unpaired) electrons. The highest BCUT2D eigenvalue weighted by atomic mass is 19.1. The number of nitrogens with zero attached hydrogens (tertiary/aromatic N) is 3. The van der Waals surface area contributed by atoms with Crippen LogP contribution in [0, 0.1) is 15.9 Å². The molecule has 0 aliphatic carbocycles. The molecule has 2 rings (SSSR count). The van der Waals surface area contributed by atoms with E-state index >= 15 is 0 Å². The van der Waals surface area contributed by atoms with Crippen molar-refractivity contribution in [2.24, 2.45) is 5.73 Å². The second-order valence-electron chi connectivity index (χ2n) is 3.79. The maximum atomic E-state index is 13.4. The van der Waals surface area contributed by atoms with E-state index in [-0.39, 0.29) is 0 Å². The van der Waals surface area contributed by atoms with Gasteiger partial charge in [0.1, 0.15) is 0 Å². The van der Waals surface area contributed by atoms with E-state index in [0.29, 0.717) is 18.7 Å². The van der Waals surface area contributed by atoms with Gasteiger partial charge in [0.15, 0.2) is 0 Å². The maximum Gasteiger partial charge on any atom is 0.304 e. The average Bonchev–Trinajstić information content (AvgIpc) is 2.76. The molecule has 0 saturated carbocycles. The first-order chi connectivity index (χ1) is 8.60. The van der Waals surface area contributed by atoms with Gasteiger partial charge in [-0.3, -0.25) is 14.8 Å². The first kappa shape index (κ1) is 12.2. The molecule has 18 heavy (non-hydrogen) atoms. The van der Waals surface area contributed by atoms with Crippen LogP contribution in [0.4, 0.5) is 10.1 Å². The van der Waals surface area contributed by atoms with Crippen molar-refractivity contribution in [3.8, 4) is 0 Å². The van der Waals surface area contributed by atoms with E-state index in [0.717, 1.165) is 17.7 Å². The molecular weight excluding hydrogens is 239 g/mol. The fourth-order valence-corrected chi connectivity index (χ4v) is 1.58. The summed E-state index contributed by atoms with van der Waals surface area (Å²) in [5.41, 5.74) is 6.39. The van der Waals surface area contributed by atoms with Gasteiger partial charge < -0.3 is 5.73 Å². The number of nitro groups is 1. The lowest BCUT2D eigenvalue weighted by atomic mass is 10.2. The molecule has 2 aromatic rings. The number of hydrogen-bond donors (Lipinski definition) is 1. The number of nitrogens with two attached hydrogens (primary N) is 1. The van der Waals surface area contributed by atoms with Crippen molar-refractivity contribution in [2.45, 2.75) is 13.1 Å². The monoisotopic (exact) mass is 250 g/mol. The van der Waals surface area contributed by atoms with E-state index in [1.165, 1.54) is 6.07 Å². The van der Waals surface area contributed by atoms with E-state index in [4.69, 9.17) is 5.73 Å². The Morgan fingerprint density at radius 2 is 2.22 bits per heavy atom. The summed E-state index contributed by atoms with van der Waals surface area (Å²) in [6.45, 7) is 0.726. The fraction of sp³-hybridized carbons (Fsp3) is 0.182. The lowest BCUT2D eigenvalue weighted by Gasteiger charge is -2.02. The summed E-state index contributed by atoms with van der Waals surface area (Å²) in [5, 5.41) is 14.5. The largest absolute Gasteiger partial charge is 0.326 e. The quantitative estimate of drug-likeness (QED) is 0.657. The van der Waals surface area contributed by atoms with E-state index in [1.54, 1.807) is 17.1 Å². The summed E-state index contributed by atoms with van der Waals surface area (Å²) in [6, 6.07) is 3.80.